The molecule has 0 aliphatic carbocycles. The first-order chi connectivity index (χ1) is 11.2. The highest BCUT2D eigenvalue weighted by Crippen LogP contribution is 2.31. The largest absolute Gasteiger partial charge is 0.497 e. The lowest BCUT2D eigenvalue weighted by Gasteiger charge is -2.25. The molecule has 0 saturated heterocycles. The smallest absolute Gasteiger partial charge is 0.231 e. The molecule has 0 unspecified atom stereocenters. The molecule has 0 radical (unpaired) electrons. The molecule has 0 fully saturated rings. The second kappa shape index (κ2) is 6.60. The lowest BCUT2D eigenvalue weighted by Crippen LogP contribution is -2.32. The van der Waals surface area contributed by atoms with E-state index in [0.717, 1.165) is 17.1 Å². The minimum atomic E-state index is -0.235. The van der Waals surface area contributed by atoms with Gasteiger partial charge in [-0.2, -0.15) is 0 Å². The van der Waals surface area contributed by atoms with Crippen LogP contribution in [-0.4, -0.2) is 26.7 Å². The molecule has 0 saturated carbocycles. The van der Waals surface area contributed by atoms with E-state index in [1.54, 1.807) is 20.3 Å². The van der Waals surface area contributed by atoms with Crippen molar-refractivity contribution in [3.05, 3.63) is 48.0 Å². The number of rotatable bonds is 4. The maximum absolute atomic E-state index is 12.5. The molecular weight excluding hydrogens is 294 g/mol. The van der Waals surface area contributed by atoms with E-state index in [0.29, 0.717) is 24.5 Å². The Hall–Kier alpha value is -2.69. The molecule has 5 nitrogen and oxygen atoms in total. The zero-order valence-electron chi connectivity index (χ0n) is 13.2. The van der Waals surface area contributed by atoms with Gasteiger partial charge in [-0.25, -0.2) is 0 Å². The van der Waals surface area contributed by atoms with Gasteiger partial charge in [0.2, 0.25) is 5.91 Å². The molecule has 2 aromatic rings. The number of fused-ring (bicyclic) bond motifs is 1. The summed E-state index contributed by atoms with van der Waals surface area (Å²) in [5.74, 6) is 1.99. The van der Waals surface area contributed by atoms with E-state index in [9.17, 15) is 4.79 Å². The third kappa shape index (κ3) is 3.39. The molecule has 1 N–H and O–H groups in total. The lowest BCUT2D eigenvalue weighted by atomic mass is 9.95. The second-order valence-electron chi connectivity index (χ2n) is 5.41. The summed E-state index contributed by atoms with van der Waals surface area (Å²) in [4.78, 5) is 12.5. The Balaban J connectivity index is 1.71. The quantitative estimate of drug-likeness (QED) is 0.943. The Bertz CT molecular complexity index is 714. The van der Waals surface area contributed by atoms with Crippen LogP contribution in [0, 0.1) is 5.92 Å². The molecule has 5 heteroatoms. The van der Waals surface area contributed by atoms with E-state index in [1.165, 1.54) is 0 Å². The van der Waals surface area contributed by atoms with E-state index in [2.05, 4.69) is 5.32 Å². The number of anilines is 1. The van der Waals surface area contributed by atoms with Gasteiger partial charge in [0.1, 0.15) is 23.9 Å². The molecular formula is C18H19NO4. The number of ether oxygens (including phenoxy) is 3. The molecule has 1 aliphatic rings. The van der Waals surface area contributed by atoms with Gasteiger partial charge in [-0.1, -0.05) is 6.07 Å². The van der Waals surface area contributed by atoms with Crippen molar-refractivity contribution in [1.29, 1.82) is 0 Å². The number of carbonyl (C=O) groups excluding carboxylic acids is 1. The van der Waals surface area contributed by atoms with Crippen molar-refractivity contribution in [3.8, 4) is 17.2 Å². The van der Waals surface area contributed by atoms with Gasteiger partial charge < -0.3 is 19.5 Å². The molecule has 1 heterocycles. The van der Waals surface area contributed by atoms with Gasteiger partial charge in [0.05, 0.1) is 20.1 Å². The topological polar surface area (TPSA) is 56.8 Å². The summed E-state index contributed by atoms with van der Waals surface area (Å²) in [6.45, 7) is 0.370. The van der Waals surface area contributed by atoms with E-state index in [-0.39, 0.29) is 11.8 Å². The zero-order valence-corrected chi connectivity index (χ0v) is 13.2. The van der Waals surface area contributed by atoms with Crippen molar-refractivity contribution in [2.75, 3.05) is 26.1 Å². The molecule has 120 valence electrons. The monoisotopic (exact) mass is 313 g/mol. The first-order valence-electron chi connectivity index (χ1n) is 7.44. The van der Waals surface area contributed by atoms with Gasteiger partial charge in [0.15, 0.2) is 0 Å². The van der Waals surface area contributed by atoms with Crippen molar-refractivity contribution in [1.82, 2.24) is 0 Å². The van der Waals surface area contributed by atoms with Crippen molar-refractivity contribution < 1.29 is 19.0 Å². The molecule has 1 amide bonds. The van der Waals surface area contributed by atoms with Crippen molar-refractivity contribution >= 4 is 11.6 Å². The maximum atomic E-state index is 12.5. The van der Waals surface area contributed by atoms with Crippen LogP contribution in [0.2, 0.25) is 0 Å². The summed E-state index contributed by atoms with van der Waals surface area (Å²) >= 11 is 0. The molecule has 3 rings (SSSR count). The summed E-state index contributed by atoms with van der Waals surface area (Å²) in [5, 5.41) is 2.92. The predicted octanol–water partition coefficient (Wildman–Crippen LogP) is 2.89. The van der Waals surface area contributed by atoms with Gasteiger partial charge in [0, 0.05) is 11.8 Å². The summed E-state index contributed by atoms with van der Waals surface area (Å²) < 4.78 is 16.1. The second-order valence-corrected chi connectivity index (χ2v) is 5.41. The number of carbonyl (C=O) groups is 1. The maximum Gasteiger partial charge on any atom is 0.231 e. The summed E-state index contributed by atoms with van der Waals surface area (Å²) in [6, 6.07) is 13.0. The number of methoxy groups -OCH3 is 2. The molecule has 0 aromatic heterocycles. The van der Waals surface area contributed by atoms with E-state index >= 15 is 0 Å². The van der Waals surface area contributed by atoms with E-state index in [4.69, 9.17) is 14.2 Å². The fraction of sp³-hybridized carbons (Fsp3) is 0.278. The molecule has 0 bridgehead atoms. The van der Waals surface area contributed by atoms with E-state index < -0.39 is 0 Å². The molecule has 1 aliphatic heterocycles. The van der Waals surface area contributed by atoms with Gasteiger partial charge in [-0.05, 0) is 42.3 Å². The predicted molar refractivity (Wildman–Crippen MR) is 87.3 cm³/mol. The summed E-state index contributed by atoms with van der Waals surface area (Å²) in [5.41, 5.74) is 1.70. The van der Waals surface area contributed by atoms with Crippen molar-refractivity contribution in [2.45, 2.75) is 6.42 Å². The Kier molecular flexibility index (Phi) is 4.37. The number of nitrogens with one attached hydrogen (secondary N) is 1. The molecule has 2 aromatic carbocycles. The Labute approximate surface area is 135 Å². The first-order valence-corrected chi connectivity index (χ1v) is 7.44. The average Bonchev–Trinajstić information content (AvgIpc) is 2.60. The highest BCUT2D eigenvalue weighted by Gasteiger charge is 2.26. The fourth-order valence-electron chi connectivity index (χ4n) is 2.61. The third-order valence-electron chi connectivity index (χ3n) is 3.88. The van der Waals surface area contributed by atoms with Crippen molar-refractivity contribution in [3.63, 3.8) is 0 Å². The number of benzene rings is 2. The van der Waals surface area contributed by atoms with Crippen LogP contribution in [0.5, 0.6) is 17.2 Å². The lowest BCUT2D eigenvalue weighted by molar-refractivity contribution is -0.121. The van der Waals surface area contributed by atoms with Gasteiger partial charge in [-0.3, -0.25) is 4.79 Å². The van der Waals surface area contributed by atoms with Crippen LogP contribution in [0.15, 0.2) is 42.5 Å². The zero-order chi connectivity index (χ0) is 16.2. The van der Waals surface area contributed by atoms with Crippen LogP contribution in [0.1, 0.15) is 5.56 Å². The first kappa shape index (κ1) is 15.2. The fourth-order valence-corrected chi connectivity index (χ4v) is 2.61. The van der Waals surface area contributed by atoms with Crippen LogP contribution in [-0.2, 0) is 11.2 Å². The summed E-state index contributed by atoms with van der Waals surface area (Å²) in [6.07, 6.45) is 0.627. The average molecular weight is 313 g/mol. The van der Waals surface area contributed by atoms with Crippen LogP contribution in [0.4, 0.5) is 5.69 Å². The highest BCUT2D eigenvalue weighted by molar-refractivity contribution is 5.93. The number of amides is 1. The minimum absolute atomic E-state index is 0.0632. The minimum Gasteiger partial charge on any atom is -0.497 e. The normalized spacial score (nSPS) is 16.0. The SMILES string of the molecule is COc1cccc(NC(=O)[C@@H]2COc3ccc(OC)cc3C2)c1. The van der Waals surface area contributed by atoms with E-state index in [1.807, 2.05) is 36.4 Å². The Morgan fingerprint density at radius 2 is 1.91 bits per heavy atom. The van der Waals surface area contributed by atoms with Gasteiger partial charge >= 0.3 is 0 Å². The third-order valence-corrected chi connectivity index (χ3v) is 3.88. The highest BCUT2D eigenvalue weighted by atomic mass is 16.5. The van der Waals surface area contributed by atoms with Crippen LogP contribution >= 0.6 is 0 Å². The van der Waals surface area contributed by atoms with Gasteiger partial charge in [0.25, 0.3) is 0 Å². The summed E-state index contributed by atoms with van der Waals surface area (Å²) in [7, 11) is 3.22. The van der Waals surface area contributed by atoms with Crippen LogP contribution in [0.25, 0.3) is 0 Å². The van der Waals surface area contributed by atoms with Crippen LogP contribution < -0.4 is 19.5 Å². The standard InChI is InChI=1S/C18H19NO4/c1-21-15-5-3-4-14(10-15)19-18(20)13-8-12-9-16(22-2)6-7-17(12)23-11-13/h3-7,9-10,13H,8,11H2,1-2H3,(H,19,20)/t13-/m0/s1. The number of hydrogen-bond acceptors (Lipinski definition) is 4. The van der Waals surface area contributed by atoms with Crippen LogP contribution in [0.3, 0.4) is 0 Å². The Morgan fingerprint density at radius 3 is 2.70 bits per heavy atom. The number of hydrogen-bond donors (Lipinski definition) is 1. The molecule has 1 atom stereocenters. The van der Waals surface area contributed by atoms with Crippen molar-refractivity contribution in [2.24, 2.45) is 5.92 Å². The molecule has 0 spiro atoms. The Morgan fingerprint density at radius 1 is 1.13 bits per heavy atom. The molecule has 23 heavy (non-hydrogen) atoms. The van der Waals surface area contributed by atoms with Gasteiger partial charge in [-0.15, -0.1) is 0 Å².